The van der Waals surface area contributed by atoms with Crippen LogP contribution in [0.4, 0.5) is 0 Å². The lowest BCUT2D eigenvalue weighted by atomic mass is 9.67. The maximum atomic E-state index is 11.9. The second-order valence-corrected chi connectivity index (χ2v) is 3.97. The van der Waals surface area contributed by atoms with Crippen molar-refractivity contribution in [2.75, 3.05) is 0 Å². The first-order valence-corrected chi connectivity index (χ1v) is 5.10. The molecule has 0 radical (unpaired) electrons. The van der Waals surface area contributed by atoms with Crippen molar-refractivity contribution in [1.29, 1.82) is 0 Å². The van der Waals surface area contributed by atoms with Gasteiger partial charge in [-0.05, 0) is 25.7 Å². The molecule has 1 aliphatic rings. The summed E-state index contributed by atoms with van der Waals surface area (Å²) in [6.07, 6.45) is 6.12. The molecule has 1 unspecified atom stereocenters. The first kappa shape index (κ1) is 11.2. The van der Waals surface area contributed by atoms with Gasteiger partial charge in [-0.25, -0.2) is 0 Å². The normalized spacial score (nSPS) is 25.8. The molecule has 1 fully saturated rings. The number of hydrogen-bond acceptors (Lipinski definition) is 2. The van der Waals surface area contributed by atoms with Crippen LogP contribution in [0.25, 0.3) is 0 Å². The van der Waals surface area contributed by atoms with Crippen molar-refractivity contribution in [1.82, 2.24) is 0 Å². The van der Waals surface area contributed by atoms with E-state index in [4.69, 9.17) is 0 Å². The predicted molar refractivity (Wildman–Crippen MR) is 56.9 cm³/mol. The van der Waals surface area contributed by atoms with Crippen molar-refractivity contribution < 1.29 is 9.90 Å². The number of carbonyl (C=O) groups excluding carboxylic acids is 1. The molecule has 2 nitrogen and oxygen atoms in total. The largest absolute Gasteiger partial charge is 0.392 e. The predicted octanol–water partition coefficient (Wildman–Crippen LogP) is 2.24. The van der Waals surface area contributed by atoms with Gasteiger partial charge in [-0.1, -0.05) is 12.2 Å². The van der Waals surface area contributed by atoms with Gasteiger partial charge >= 0.3 is 0 Å². The van der Waals surface area contributed by atoms with Crippen molar-refractivity contribution in [3.05, 3.63) is 25.3 Å². The fourth-order valence-electron chi connectivity index (χ4n) is 2.27. The highest BCUT2D eigenvalue weighted by Crippen LogP contribution is 2.40. The van der Waals surface area contributed by atoms with Crippen LogP contribution in [0.3, 0.4) is 0 Å². The Labute approximate surface area is 85.3 Å². The monoisotopic (exact) mass is 194 g/mol. The van der Waals surface area contributed by atoms with Crippen LogP contribution in [0.1, 0.15) is 32.1 Å². The first-order chi connectivity index (χ1) is 6.67. The van der Waals surface area contributed by atoms with E-state index in [2.05, 4.69) is 13.2 Å². The minimum absolute atomic E-state index is 0.163. The molecular formula is C12H18O2. The van der Waals surface area contributed by atoms with E-state index in [0.29, 0.717) is 25.7 Å². The molecule has 78 valence electrons. The summed E-state index contributed by atoms with van der Waals surface area (Å²) in [6.45, 7) is 7.31. The Hall–Kier alpha value is -0.890. The summed E-state index contributed by atoms with van der Waals surface area (Å²) in [5.74, 6) is 0.163. The van der Waals surface area contributed by atoms with Gasteiger partial charge in [0.15, 0.2) is 0 Å². The molecule has 0 heterocycles. The van der Waals surface area contributed by atoms with Crippen molar-refractivity contribution in [2.24, 2.45) is 5.41 Å². The second kappa shape index (κ2) is 4.56. The van der Waals surface area contributed by atoms with Crippen LogP contribution in [0.2, 0.25) is 0 Å². The SMILES string of the molecule is C=CCC1(CC=C)C(=O)CCCC1O. The van der Waals surface area contributed by atoms with E-state index in [1.807, 2.05) is 0 Å². The van der Waals surface area contributed by atoms with Crippen LogP contribution < -0.4 is 0 Å². The molecule has 0 aromatic carbocycles. The van der Waals surface area contributed by atoms with Crippen molar-refractivity contribution >= 4 is 5.78 Å². The smallest absolute Gasteiger partial charge is 0.142 e. The summed E-state index contributed by atoms with van der Waals surface area (Å²) < 4.78 is 0. The Morgan fingerprint density at radius 1 is 1.43 bits per heavy atom. The molecular weight excluding hydrogens is 176 g/mol. The van der Waals surface area contributed by atoms with E-state index in [9.17, 15) is 9.90 Å². The Balaban J connectivity index is 2.93. The van der Waals surface area contributed by atoms with Crippen LogP contribution in [-0.4, -0.2) is 17.0 Å². The number of rotatable bonds is 4. The quantitative estimate of drug-likeness (QED) is 0.697. The molecule has 14 heavy (non-hydrogen) atoms. The Bertz CT molecular complexity index is 233. The summed E-state index contributed by atoms with van der Waals surface area (Å²) >= 11 is 0. The van der Waals surface area contributed by atoms with E-state index >= 15 is 0 Å². The number of Topliss-reactive ketones (excluding diaryl/α,β-unsaturated/α-hetero) is 1. The molecule has 1 aliphatic carbocycles. The van der Waals surface area contributed by atoms with Gasteiger partial charge < -0.3 is 5.11 Å². The van der Waals surface area contributed by atoms with Gasteiger partial charge in [-0.15, -0.1) is 13.2 Å². The van der Waals surface area contributed by atoms with Crippen LogP contribution in [0.5, 0.6) is 0 Å². The minimum Gasteiger partial charge on any atom is -0.392 e. The standard InChI is InChI=1S/C12H18O2/c1-3-8-12(9-4-2)10(13)6-5-7-11(12)14/h3-4,10,13H,1-2,5-9H2. The zero-order valence-electron chi connectivity index (χ0n) is 8.54. The summed E-state index contributed by atoms with van der Waals surface area (Å²) in [6, 6.07) is 0. The van der Waals surface area contributed by atoms with Gasteiger partial charge in [0.1, 0.15) is 5.78 Å². The molecule has 1 rings (SSSR count). The maximum Gasteiger partial charge on any atom is 0.142 e. The summed E-state index contributed by atoms with van der Waals surface area (Å²) in [4.78, 5) is 11.9. The zero-order valence-corrected chi connectivity index (χ0v) is 8.54. The van der Waals surface area contributed by atoms with Crippen LogP contribution in [0, 0.1) is 5.41 Å². The number of allylic oxidation sites excluding steroid dienone is 2. The lowest BCUT2D eigenvalue weighted by Gasteiger charge is -2.38. The molecule has 1 saturated carbocycles. The second-order valence-electron chi connectivity index (χ2n) is 3.97. The van der Waals surface area contributed by atoms with Crippen LogP contribution in [-0.2, 0) is 4.79 Å². The van der Waals surface area contributed by atoms with E-state index < -0.39 is 11.5 Å². The van der Waals surface area contributed by atoms with Gasteiger partial charge in [-0.2, -0.15) is 0 Å². The highest BCUT2D eigenvalue weighted by atomic mass is 16.3. The minimum atomic E-state index is -0.623. The topological polar surface area (TPSA) is 37.3 Å². The molecule has 0 bridgehead atoms. The molecule has 2 heteroatoms. The third-order valence-electron chi connectivity index (χ3n) is 3.09. The summed E-state index contributed by atoms with van der Waals surface area (Å²) in [5.41, 5.74) is -0.623. The fraction of sp³-hybridized carbons (Fsp3) is 0.583. The van der Waals surface area contributed by atoms with E-state index in [0.717, 1.165) is 6.42 Å². The fourth-order valence-corrected chi connectivity index (χ4v) is 2.27. The molecule has 0 aromatic rings. The number of ketones is 1. The average Bonchev–Trinajstić information content (AvgIpc) is 2.15. The summed E-state index contributed by atoms with van der Waals surface area (Å²) in [7, 11) is 0. The number of aliphatic hydroxyl groups is 1. The number of hydrogen-bond donors (Lipinski definition) is 1. The molecule has 1 atom stereocenters. The number of carbonyl (C=O) groups is 1. The average molecular weight is 194 g/mol. The highest BCUT2D eigenvalue weighted by Gasteiger charge is 2.44. The van der Waals surface area contributed by atoms with Crippen molar-refractivity contribution in [3.63, 3.8) is 0 Å². The van der Waals surface area contributed by atoms with Gasteiger partial charge in [0.25, 0.3) is 0 Å². The Kier molecular flexibility index (Phi) is 3.64. The van der Waals surface area contributed by atoms with Gasteiger partial charge in [0.05, 0.1) is 11.5 Å². The molecule has 1 N–H and O–H groups in total. The van der Waals surface area contributed by atoms with Gasteiger partial charge in [0, 0.05) is 6.42 Å². The number of aliphatic hydroxyl groups excluding tert-OH is 1. The van der Waals surface area contributed by atoms with Crippen molar-refractivity contribution in [3.8, 4) is 0 Å². The lowest BCUT2D eigenvalue weighted by Crippen LogP contribution is -2.45. The summed E-state index contributed by atoms with van der Waals surface area (Å²) in [5, 5.41) is 9.94. The maximum absolute atomic E-state index is 11.9. The molecule has 0 aromatic heterocycles. The Morgan fingerprint density at radius 2 is 2.00 bits per heavy atom. The third-order valence-corrected chi connectivity index (χ3v) is 3.09. The first-order valence-electron chi connectivity index (χ1n) is 5.10. The highest BCUT2D eigenvalue weighted by molar-refractivity contribution is 5.86. The third kappa shape index (κ3) is 1.80. The van der Waals surface area contributed by atoms with E-state index in [1.54, 1.807) is 12.2 Å². The van der Waals surface area contributed by atoms with Crippen LogP contribution >= 0.6 is 0 Å². The van der Waals surface area contributed by atoms with Gasteiger partial charge in [-0.3, -0.25) is 4.79 Å². The zero-order chi connectivity index (χ0) is 10.6. The van der Waals surface area contributed by atoms with Crippen LogP contribution in [0.15, 0.2) is 25.3 Å². The van der Waals surface area contributed by atoms with E-state index in [-0.39, 0.29) is 5.78 Å². The van der Waals surface area contributed by atoms with Crippen molar-refractivity contribution in [2.45, 2.75) is 38.2 Å². The molecule has 0 aliphatic heterocycles. The molecule has 0 spiro atoms. The lowest BCUT2D eigenvalue weighted by molar-refractivity contribution is -0.139. The van der Waals surface area contributed by atoms with Gasteiger partial charge in [0.2, 0.25) is 0 Å². The molecule has 0 saturated heterocycles. The van der Waals surface area contributed by atoms with E-state index in [1.165, 1.54) is 0 Å². The molecule has 0 amide bonds. The Morgan fingerprint density at radius 3 is 2.43 bits per heavy atom.